The molecule has 7 nitrogen and oxygen atoms in total. The fourth-order valence-corrected chi connectivity index (χ4v) is 3.40. The van der Waals surface area contributed by atoms with Crippen LogP contribution in [0.3, 0.4) is 0 Å². The van der Waals surface area contributed by atoms with E-state index in [4.69, 9.17) is 14.2 Å². The number of piperidine rings is 1. The lowest BCUT2D eigenvalue weighted by Gasteiger charge is -2.33. The van der Waals surface area contributed by atoms with Crippen LogP contribution in [0.5, 0.6) is 11.5 Å². The van der Waals surface area contributed by atoms with Crippen molar-refractivity contribution in [3.8, 4) is 11.5 Å². The summed E-state index contributed by atoms with van der Waals surface area (Å²) < 4.78 is 16.5. The molecule has 154 valence electrons. The Hall–Kier alpha value is -2.28. The molecule has 1 saturated heterocycles. The third-order valence-corrected chi connectivity index (χ3v) is 5.37. The lowest BCUT2D eigenvalue weighted by molar-refractivity contribution is -0.134. The molecule has 1 aliphatic carbocycles. The van der Waals surface area contributed by atoms with Crippen LogP contribution in [-0.2, 0) is 9.53 Å². The maximum Gasteiger partial charge on any atom is 0.257 e. The lowest BCUT2D eigenvalue weighted by atomic mass is 10.1. The number of likely N-dealkylation sites (tertiary alicyclic amines) is 1. The molecule has 1 aromatic rings. The van der Waals surface area contributed by atoms with Crippen LogP contribution in [0.2, 0.25) is 0 Å². The molecule has 2 amide bonds. The van der Waals surface area contributed by atoms with Gasteiger partial charge in [-0.05, 0) is 31.0 Å². The molecule has 2 aliphatic rings. The molecular weight excluding hydrogens is 360 g/mol. The minimum atomic E-state index is -0.132. The molecule has 0 bridgehead atoms. The summed E-state index contributed by atoms with van der Waals surface area (Å²) in [5, 5.41) is 0. The van der Waals surface area contributed by atoms with Crippen molar-refractivity contribution < 1.29 is 23.8 Å². The van der Waals surface area contributed by atoms with E-state index in [1.807, 2.05) is 4.90 Å². The molecule has 0 aromatic heterocycles. The van der Waals surface area contributed by atoms with Crippen molar-refractivity contribution >= 4 is 11.8 Å². The zero-order valence-corrected chi connectivity index (χ0v) is 17.0. The first-order valence-electron chi connectivity index (χ1n) is 9.91. The fourth-order valence-electron chi connectivity index (χ4n) is 3.40. The van der Waals surface area contributed by atoms with E-state index in [9.17, 15) is 9.59 Å². The molecule has 3 rings (SSSR count). The number of amides is 2. The summed E-state index contributed by atoms with van der Waals surface area (Å²) in [7, 11) is 4.93. The quantitative estimate of drug-likeness (QED) is 0.681. The van der Waals surface area contributed by atoms with Crippen molar-refractivity contribution in [1.29, 1.82) is 0 Å². The van der Waals surface area contributed by atoms with E-state index in [1.54, 1.807) is 44.4 Å². The van der Waals surface area contributed by atoms with Crippen LogP contribution in [0.15, 0.2) is 18.2 Å². The van der Waals surface area contributed by atoms with E-state index in [2.05, 4.69) is 0 Å². The van der Waals surface area contributed by atoms with Gasteiger partial charge in [0, 0.05) is 52.6 Å². The first-order chi connectivity index (χ1) is 13.5. The number of methoxy groups -OCH3 is 2. The second-order valence-electron chi connectivity index (χ2n) is 7.50. The highest BCUT2D eigenvalue weighted by molar-refractivity contribution is 5.97. The summed E-state index contributed by atoms with van der Waals surface area (Å²) in [6.07, 6.45) is 3.61. The molecule has 0 N–H and O–H groups in total. The number of carbonyl (C=O) groups is 2. The number of likely N-dealkylation sites (N-methyl/N-ethyl adjacent to an activating group) is 1. The first kappa shape index (κ1) is 20.5. The third-order valence-electron chi connectivity index (χ3n) is 5.37. The van der Waals surface area contributed by atoms with Gasteiger partial charge in [0.1, 0.15) is 17.6 Å². The predicted molar refractivity (Wildman–Crippen MR) is 105 cm³/mol. The smallest absolute Gasteiger partial charge is 0.257 e. The maximum atomic E-state index is 12.9. The molecule has 28 heavy (non-hydrogen) atoms. The van der Waals surface area contributed by atoms with Crippen LogP contribution in [-0.4, -0.2) is 75.2 Å². The van der Waals surface area contributed by atoms with Gasteiger partial charge < -0.3 is 24.0 Å². The zero-order chi connectivity index (χ0) is 20.1. The fraction of sp³-hybridized carbons (Fsp3) is 0.619. The summed E-state index contributed by atoms with van der Waals surface area (Å²) in [5.74, 6) is 1.58. The average molecular weight is 390 g/mol. The van der Waals surface area contributed by atoms with Gasteiger partial charge >= 0.3 is 0 Å². The van der Waals surface area contributed by atoms with E-state index in [0.717, 1.165) is 25.7 Å². The standard InChI is InChI=1S/C21H30N2O5/c1-22(12-13-26-2)21(25)18-14-17(27-3)6-7-19(18)28-16-8-10-23(11-9-16)20(24)15-4-5-15/h6-7,14-16H,4-5,8-13H2,1-3H3. The monoisotopic (exact) mass is 390 g/mol. The van der Waals surface area contributed by atoms with E-state index in [0.29, 0.717) is 49.2 Å². The molecule has 1 saturated carbocycles. The molecule has 1 aliphatic heterocycles. The molecule has 0 radical (unpaired) electrons. The molecule has 7 heteroatoms. The minimum absolute atomic E-state index is 0.00696. The van der Waals surface area contributed by atoms with Crippen LogP contribution in [0.4, 0.5) is 0 Å². The SMILES string of the molecule is COCCN(C)C(=O)c1cc(OC)ccc1OC1CCN(C(=O)C2CC2)CC1. The molecule has 1 aromatic carbocycles. The van der Waals surface area contributed by atoms with Gasteiger partial charge in [0.2, 0.25) is 5.91 Å². The number of nitrogens with zero attached hydrogens (tertiary/aromatic N) is 2. The average Bonchev–Trinajstić information content (AvgIpc) is 3.57. The highest BCUT2D eigenvalue weighted by atomic mass is 16.5. The summed E-state index contributed by atoms with van der Waals surface area (Å²) in [6.45, 7) is 2.39. The maximum absolute atomic E-state index is 12.9. The van der Waals surface area contributed by atoms with Gasteiger partial charge in [-0.2, -0.15) is 0 Å². The number of hydrogen-bond acceptors (Lipinski definition) is 5. The Bertz CT molecular complexity index is 696. The Labute approximate surface area is 166 Å². The van der Waals surface area contributed by atoms with Crippen LogP contribution >= 0.6 is 0 Å². The molecule has 0 atom stereocenters. The number of benzene rings is 1. The minimum Gasteiger partial charge on any atom is -0.497 e. The molecule has 1 heterocycles. The van der Waals surface area contributed by atoms with E-state index >= 15 is 0 Å². The second-order valence-corrected chi connectivity index (χ2v) is 7.50. The van der Waals surface area contributed by atoms with Gasteiger partial charge in [-0.15, -0.1) is 0 Å². The van der Waals surface area contributed by atoms with Crippen LogP contribution < -0.4 is 9.47 Å². The van der Waals surface area contributed by atoms with Gasteiger partial charge in [0.05, 0.1) is 19.3 Å². The normalized spacial score (nSPS) is 17.3. The summed E-state index contributed by atoms with van der Waals surface area (Å²) >= 11 is 0. The van der Waals surface area contributed by atoms with Crippen LogP contribution in [0, 0.1) is 5.92 Å². The second kappa shape index (κ2) is 9.28. The third kappa shape index (κ3) is 4.95. The van der Waals surface area contributed by atoms with Crippen molar-refractivity contribution in [3.05, 3.63) is 23.8 Å². The highest BCUT2D eigenvalue weighted by Gasteiger charge is 2.35. The predicted octanol–water partition coefficient (Wildman–Crippen LogP) is 2.19. The summed E-state index contributed by atoms with van der Waals surface area (Å²) in [6, 6.07) is 5.30. The summed E-state index contributed by atoms with van der Waals surface area (Å²) in [5.41, 5.74) is 0.481. The Kier molecular flexibility index (Phi) is 6.78. The molecule has 2 fully saturated rings. The summed E-state index contributed by atoms with van der Waals surface area (Å²) in [4.78, 5) is 28.7. The number of rotatable bonds is 8. The van der Waals surface area contributed by atoms with Crippen molar-refractivity contribution in [2.24, 2.45) is 5.92 Å². The number of ether oxygens (including phenoxy) is 3. The Morgan fingerprint density at radius 1 is 1.14 bits per heavy atom. The van der Waals surface area contributed by atoms with Crippen molar-refractivity contribution in [1.82, 2.24) is 9.80 Å². The zero-order valence-electron chi connectivity index (χ0n) is 17.0. The number of carbonyl (C=O) groups excluding carboxylic acids is 2. The van der Waals surface area contributed by atoms with Crippen molar-refractivity contribution in [2.75, 3.05) is 47.5 Å². The van der Waals surface area contributed by atoms with Gasteiger partial charge in [-0.3, -0.25) is 9.59 Å². The van der Waals surface area contributed by atoms with Crippen LogP contribution in [0.25, 0.3) is 0 Å². The van der Waals surface area contributed by atoms with Gasteiger partial charge in [0.25, 0.3) is 5.91 Å². The van der Waals surface area contributed by atoms with Crippen molar-refractivity contribution in [2.45, 2.75) is 31.8 Å². The van der Waals surface area contributed by atoms with E-state index in [1.165, 1.54) is 0 Å². The first-order valence-corrected chi connectivity index (χ1v) is 9.91. The van der Waals surface area contributed by atoms with E-state index < -0.39 is 0 Å². The van der Waals surface area contributed by atoms with E-state index in [-0.39, 0.29) is 17.9 Å². The van der Waals surface area contributed by atoms with Gasteiger partial charge in [0.15, 0.2) is 0 Å². The number of hydrogen-bond donors (Lipinski definition) is 0. The molecule has 0 unspecified atom stereocenters. The van der Waals surface area contributed by atoms with Crippen molar-refractivity contribution in [3.63, 3.8) is 0 Å². The van der Waals surface area contributed by atoms with Gasteiger partial charge in [-0.25, -0.2) is 0 Å². The Morgan fingerprint density at radius 2 is 1.86 bits per heavy atom. The molecular formula is C21H30N2O5. The van der Waals surface area contributed by atoms with Crippen LogP contribution in [0.1, 0.15) is 36.0 Å². The highest BCUT2D eigenvalue weighted by Crippen LogP contribution is 2.33. The lowest BCUT2D eigenvalue weighted by Crippen LogP contribution is -2.42. The largest absolute Gasteiger partial charge is 0.497 e. The Balaban J connectivity index is 1.66. The topological polar surface area (TPSA) is 68.3 Å². The molecule has 0 spiro atoms. The Morgan fingerprint density at radius 3 is 2.46 bits per heavy atom. The van der Waals surface area contributed by atoms with Gasteiger partial charge in [-0.1, -0.05) is 0 Å².